The summed E-state index contributed by atoms with van der Waals surface area (Å²) in [6, 6.07) is 26.2. The van der Waals surface area contributed by atoms with Crippen LogP contribution in [0.15, 0.2) is 72.8 Å². The normalized spacial score (nSPS) is 11.4. The first kappa shape index (κ1) is 14.0. The Bertz CT molecular complexity index is 703. The summed E-state index contributed by atoms with van der Waals surface area (Å²) in [5.74, 6) is 0. The molecule has 0 aliphatic rings. The summed E-state index contributed by atoms with van der Waals surface area (Å²) in [6.45, 7) is 2.18. The Hall–Kier alpha value is -0.911. The molecule has 3 rings (SSSR count). The monoisotopic (exact) mass is 362 g/mol. The second-order valence-electron chi connectivity index (χ2n) is 4.66. The van der Waals surface area contributed by atoms with Crippen LogP contribution in [0.3, 0.4) is 0 Å². The van der Waals surface area contributed by atoms with E-state index in [1.54, 1.807) is 0 Å². The van der Waals surface area contributed by atoms with Crippen molar-refractivity contribution in [2.24, 2.45) is 0 Å². The van der Waals surface area contributed by atoms with Crippen LogP contribution in [0.25, 0.3) is 0 Å². The minimum absolute atomic E-state index is 1.37. The van der Waals surface area contributed by atoms with Crippen LogP contribution in [0.4, 0.5) is 0 Å². The van der Waals surface area contributed by atoms with E-state index in [9.17, 15) is 0 Å². The van der Waals surface area contributed by atoms with Crippen molar-refractivity contribution >= 4 is 47.2 Å². The SMILES string of the molecule is Cc1ccc(P(=[Se])(c2ccccc2)c2ccccc2)s1. The number of hydrogen-bond acceptors (Lipinski definition) is 1. The third-order valence-electron chi connectivity index (χ3n) is 3.28. The predicted molar refractivity (Wildman–Crippen MR) is 93.5 cm³/mol. The quantitative estimate of drug-likeness (QED) is 0.495. The van der Waals surface area contributed by atoms with E-state index in [1.807, 2.05) is 11.3 Å². The first-order valence-electron chi connectivity index (χ1n) is 6.49. The molecule has 0 radical (unpaired) electrons. The summed E-state index contributed by atoms with van der Waals surface area (Å²) >= 11 is 5.48. The number of hydrogen-bond donors (Lipinski definition) is 0. The average Bonchev–Trinajstić information content (AvgIpc) is 2.95. The summed E-state index contributed by atoms with van der Waals surface area (Å²) in [5, 5.41) is 2.79. The summed E-state index contributed by atoms with van der Waals surface area (Å²) in [7, 11) is 0. The van der Waals surface area contributed by atoms with E-state index in [0.29, 0.717) is 0 Å². The van der Waals surface area contributed by atoms with E-state index < -0.39 is 5.51 Å². The van der Waals surface area contributed by atoms with Crippen molar-refractivity contribution in [3.63, 3.8) is 0 Å². The Labute approximate surface area is 131 Å². The van der Waals surface area contributed by atoms with Gasteiger partial charge in [-0.05, 0) is 0 Å². The molecule has 0 aliphatic heterocycles. The standard InChI is InChI=1S/C17H15PSSe/c1-14-12-13-17(19-14)18(20,15-8-4-2-5-9-15)16-10-6-3-7-11-16/h2-13H,1H3. The molecule has 1 aromatic heterocycles. The zero-order valence-corrected chi connectivity index (χ0v) is 14.6. The molecule has 100 valence electrons. The Kier molecular flexibility index (Phi) is 4.10. The van der Waals surface area contributed by atoms with Gasteiger partial charge in [-0.1, -0.05) is 0 Å². The molecule has 0 spiro atoms. The van der Waals surface area contributed by atoms with Gasteiger partial charge in [-0.25, -0.2) is 0 Å². The fourth-order valence-corrected chi connectivity index (χ4v) is 9.35. The second kappa shape index (κ2) is 5.84. The van der Waals surface area contributed by atoms with Gasteiger partial charge in [-0.2, -0.15) is 0 Å². The first-order chi connectivity index (χ1) is 9.71. The molecule has 3 aromatic rings. The number of rotatable bonds is 3. The summed E-state index contributed by atoms with van der Waals surface area (Å²) < 4.78 is 1.45. The average molecular weight is 361 g/mol. The van der Waals surface area contributed by atoms with E-state index in [4.69, 9.17) is 0 Å². The molecule has 3 heteroatoms. The Morgan fingerprint density at radius 2 is 1.25 bits per heavy atom. The molecule has 0 atom stereocenters. The van der Waals surface area contributed by atoms with Gasteiger partial charge in [0.05, 0.1) is 0 Å². The zero-order chi connectivity index (χ0) is 14.0. The maximum absolute atomic E-state index is 3.57. The van der Waals surface area contributed by atoms with Crippen LogP contribution in [0.1, 0.15) is 4.88 Å². The van der Waals surface area contributed by atoms with Gasteiger partial charge in [-0.15, -0.1) is 0 Å². The molecule has 0 unspecified atom stereocenters. The predicted octanol–water partition coefficient (Wildman–Crippen LogP) is 3.43. The fourth-order valence-electron chi connectivity index (χ4n) is 2.27. The summed E-state index contributed by atoms with van der Waals surface area (Å²) in [5.41, 5.74) is -1.61. The molecule has 0 nitrogen and oxygen atoms in total. The maximum atomic E-state index is 3.57. The first-order valence-corrected chi connectivity index (χ1v) is 11.3. The third kappa shape index (κ3) is 2.50. The molecule has 0 aliphatic carbocycles. The van der Waals surface area contributed by atoms with Crippen molar-refractivity contribution in [2.75, 3.05) is 0 Å². The van der Waals surface area contributed by atoms with Gasteiger partial charge in [0, 0.05) is 0 Å². The van der Waals surface area contributed by atoms with Gasteiger partial charge in [0.1, 0.15) is 0 Å². The zero-order valence-electron chi connectivity index (χ0n) is 11.2. The van der Waals surface area contributed by atoms with Gasteiger partial charge >= 0.3 is 132 Å². The van der Waals surface area contributed by atoms with Crippen LogP contribution in [0.5, 0.6) is 0 Å². The Morgan fingerprint density at radius 3 is 1.65 bits per heavy atom. The van der Waals surface area contributed by atoms with E-state index in [2.05, 4.69) is 94.8 Å². The topological polar surface area (TPSA) is 0 Å². The van der Waals surface area contributed by atoms with E-state index in [1.165, 1.54) is 20.1 Å². The number of aryl methyl sites for hydroxylation is 1. The van der Waals surface area contributed by atoms with Gasteiger partial charge < -0.3 is 0 Å². The van der Waals surface area contributed by atoms with Gasteiger partial charge in [0.15, 0.2) is 0 Å². The number of thiophene rings is 1. The van der Waals surface area contributed by atoms with Crippen LogP contribution in [0.2, 0.25) is 0 Å². The molecular formula is C17H15PSSe. The van der Waals surface area contributed by atoms with Crippen LogP contribution >= 0.6 is 16.8 Å². The Balaban J connectivity index is 2.26. The molecule has 0 fully saturated rings. The molecule has 2 aromatic carbocycles. The molecule has 0 saturated heterocycles. The minimum atomic E-state index is -1.61. The van der Waals surface area contributed by atoms with Crippen molar-refractivity contribution < 1.29 is 0 Å². The van der Waals surface area contributed by atoms with Crippen molar-refractivity contribution in [1.29, 1.82) is 0 Å². The molecule has 0 bridgehead atoms. The van der Waals surface area contributed by atoms with Crippen LogP contribution in [0, 0.1) is 6.92 Å². The summed E-state index contributed by atoms with van der Waals surface area (Å²) in [6.07, 6.45) is 0. The van der Waals surface area contributed by atoms with Crippen LogP contribution in [-0.4, -0.2) is 15.1 Å². The van der Waals surface area contributed by atoms with E-state index in [-0.39, 0.29) is 0 Å². The molecular weight excluding hydrogens is 346 g/mol. The van der Waals surface area contributed by atoms with Gasteiger partial charge in [-0.3, -0.25) is 0 Å². The molecule has 1 heterocycles. The Morgan fingerprint density at radius 1 is 0.750 bits per heavy atom. The van der Waals surface area contributed by atoms with Crippen molar-refractivity contribution in [3.05, 3.63) is 77.7 Å². The summed E-state index contributed by atoms with van der Waals surface area (Å²) in [4.78, 5) is 1.37. The molecule has 0 amide bonds. The molecule has 0 saturated carbocycles. The second-order valence-corrected chi connectivity index (χ2v) is 12.4. The van der Waals surface area contributed by atoms with E-state index in [0.717, 1.165) is 0 Å². The third-order valence-corrected chi connectivity index (χ3v) is 12.7. The van der Waals surface area contributed by atoms with Gasteiger partial charge in [0.25, 0.3) is 0 Å². The van der Waals surface area contributed by atoms with Crippen molar-refractivity contribution in [2.45, 2.75) is 6.92 Å². The van der Waals surface area contributed by atoms with Crippen LogP contribution in [-0.2, 0) is 0 Å². The van der Waals surface area contributed by atoms with E-state index >= 15 is 0 Å². The fraction of sp³-hybridized carbons (Fsp3) is 0.0588. The molecule has 0 N–H and O–H groups in total. The van der Waals surface area contributed by atoms with Crippen molar-refractivity contribution in [1.82, 2.24) is 0 Å². The van der Waals surface area contributed by atoms with Crippen molar-refractivity contribution in [3.8, 4) is 0 Å². The van der Waals surface area contributed by atoms with Crippen LogP contribution < -0.4 is 15.2 Å². The molecule has 20 heavy (non-hydrogen) atoms. The van der Waals surface area contributed by atoms with Gasteiger partial charge in [0.2, 0.25) is 0 Å². The number of benzene rings is 2.